The lowest BCUT2D eigenvalue weighted by Gasteiger charge is -2.13. The van der Waals surface area contributed by atoms with Gasteiger partial charge in [-0.25, -0.2) is 0 Å². The minimum atomic E-state index is -0.0475. The molecule has 0 aliphatic heterocycles. The molecule has 1 aromatic rings. The number of hydrogen-bond donors (Lipinski definition) is 1. The molecule has 0 radical (unpaired) electrons. The number of carbonyl (C=O) groups is 1. The largest absolute Gasteiger partial charge is 0.508 e. The topological polar surface area (TPSA) is 46.5 Å². The maximum absolute atomic E-state index is 10.4. The standard InChI is InChI=1S/C11H13ClO3/c1-7(3-4-13)8-5-11(15-2)9(12)6-10(8)14/h4-7,14H,3H2,1-2H3. The van der Waals surface area contributed by atoms with Crippen molar-refractivity contribution >= 4 is 17.9 Å². The number of methoxy groups -OCH3 is 1. The van der Waals surface area contributed by atoms with Crippen molar-refractivity contribution in [2.45, 2.75) is 19.3 Å². The van der Waals surface area contributed by atoms with Crippen LogP contribution >= 0.6 is 11.6 Å². The Kier molecular flexibility index (Phi) is 3.97. The van der Waals surface area contributed by atoms with Gasteiger partial charge in [0.1, 0.15) is 17.8 Å². The van der Waals surface area contributed by atoms with E-state index in [1.807, 2.05) is 6.92 Å². The zero-order chi connectivity index (χ0) is 11.4. The minimum absolute atomic E-state index is 0.0475. The van der Waals surface area contributed by atoms with Gasteiger partial charge in [0.05, 0.1) is 12.1 Å². The van der Waals surface area contributed by atoms with E-state index in [-0.39, 0.29) is 11.7 Å². The van der Waals surface area contributed by atoms with Gasteiger partial charge in [-0.1, -0.05) is 18.5 Å². The van der Waals surface area contributed by atoms with Crippen molar-refractivity contribution in [2.24, 2.45) is 0 Å². The SMILES string of the molecule is COc1cc(C(C)CC=O)c(O)cc1Cl. The van der Waals surface area contributed by atoms with Gasteiger partial charge in [-0.2, -0.15) is 0 Å². The Bertz CT molecular complexity index is 363. The van der Waals surface area contributed by atoms with Crippen LogP contribution in [0.25, 0.3) is 0 Å². The highest BCUT2D eigenvalue weighted by molar-refractivity contribution is 6.32. The summed E-state index contributed by atoms with van der Waals surface area (Å²) in [5, 5.41) is 10.0. The molecule has 0 aromatic heterocycles. The average molecular weight is 229 g/mol. The Morgan fingerprint density at radius 3 is 2.80 bits per heavy atom. The molecule has 3 nitrogen and oxygen atoms in total. The summed E-state index contributed by atoms with van der Waals surface area (Å²) < 4.78 is 5.04. The van der Waals surface area contributed by atoms with E-state index < -0.39 is 0 Å². The predicted molar refractivity (Wildman–Crippen MR) is 58.8 cm³/mol. The van der Waals surface area contributed by atoms with Crippen LogP contribution in [0, 0.1) is 0 Å². The zero-order valence-corrected chi connectivity index (χ0v) is 9.41. The summed E-state index contributed by atoms with van der Waals surface area (Å²) in [7, 11) is 1.51. The first-order chi connectivity index (χ1) is 7.10. The van der Waals surface area contributed by atoms with Gasteiger partial charge >= 0.3 is 0 Å². The molecular weight excluding hydrogens is 216 g/mol. The van der Waals surface area contributed by atoms with Crippen LogP contribution in [0.5, 0.6) is 11.5 Å². The molecule has 0 heterocycles. The van der Waals surface area contributed by atoms with Crippen molar-refractivity contribution in [3.63, 3.8) is 0 Å². The number of hydrogen-bond acceptors (Lipinski definition) is 3. The summed E-state index contributed by atoms with van der Waals surface area (Å²) >= 11 is 5.83. The minimum Gasteiger partial charge on any atom is -0.508 e. The Hall–Kier alpha value is -1.22. The molecule has 1 rings (SSSR count). The van der Waals surface area contributed by atoms with Crippen LogP contribution in [0.1, 0.15) is 24.8 Å². The van der Waals surface area contributed by atoms with Crippen LogP contribution < -0.4 is 4.74 Å². The lowest BCUT2D eigenvalue weighted by atomic mass is 9.97. The van der Waals surface area contributed by atoms with Crippen molar-refractivity contribution in [2.75, 3.05) is 7.11 Å². The number of phenolic OH excluding ortho intramolecular Hbond substituents is 1. The van der Waals surface area contributed by atoms with Crippen molar-refractivity contribution in [1.82, 2.24) is 0 Å². The first-order valence-electron chi connectivity index (χ1n) is 4.60. The van der Waals surface area contributed by atoms with Gasteiger partial charge < -0.3 is 14.6 Å². The van der Waals surface area contributed by atoms with Crippen LogP contribution in [0.2, 0.25) is 5.02 Å². The highest BCUT2D eigenvalue weighted by Gasteiger charge is 2.13. The molecule has 15 heavy (non-hydrogen) atoms. The van der Waals surface area contributed by atoms with Crippen LogP contribution in [-0.4, -0.2) is 18.5 Å². The molecule has 0 aliphatic carbocycles. The van der Waals surface area contributed by atoms with Gasteiger partial charge in [0.25, 0.3) is 0 Å². The second-order valence-corrected chi connectivity index (χ2v) is 3.76. The summed E-state index contributed by atoms with van der Waals surface area (Å²) in [6.45, 7) is 1.86. The number of ether oxygens (including phenoxy) is 1. The number of aldehydes is 1. The van der Waals surface area contributed by atoms with Crippen molar-refractivity contribution < 1.29 is 14.6 Å². The number of rotatable bonds is 4. The monoisotopic (exact) mass is 228 g/mol. The molecular formula is C11H13ClO3. The third kappa shape index (κ3) is 2.63. The summed E-state index contributed by atoms with van der Waals surface area (Å²) in [5.74, 6) is 0.547. The Labute approximate surface area is 93.6 Å². The first-order valence-corrected chi connectivity index (χ1v) is 4.98. The maximum Gasteiger partial charge on any atom is 0.138 e. The fraction of sp³-hybridized carbons (Fsp3) is 0.364. The van der Waals surface area contributed by atoms with Gasteiger partial charge in [-0.05, 0) is 12.0 Å². The van der Waals surface area contributed by atoms with Crippen LogP contribution in [-0.2, 0) is 4.79 Å². The summed E-state index contributed by atoms with van der Waals surface area (Å²) in [6, 6.07) is 3.09. The van der Waals surface area contributed by atoms with Crippen LogP contribution in [0.15, 0.2) is 12.1 Å². The lowest BCUT2D eigenvalue weighted by molar-refractivity contribution is -0.108. The highest BCUT2D eigenvalue weighted by atomic mass is 35.5. The Balaban J connectivity index is 3.11. The molecule has 0 saturated carbocycles. The maximum atomic E-state index is 10.4. The Morgan fingerprint density at radius 1 is 1.60 bits per heavy atom. The molecule has 0 spiro atoms. The van der Waals surface area contributed by atoms with Crippen molar-refractivity contribution in [3.05, 3.63) is 22.7 Å². The molecule has 1 aromatic carbocycles. The van der Waals surface area contributed by atoms with E-state index in [9.17, 15) is 9.90 Å². The third-order valence-corrected chi connectivity index (χ3v) is 2.58. The molecule has 1 atom stereocenters. The molecule has 0 amide bonds. The number of halogens is 1. The average Bonchev–Trinajstić information content (AvgIpc) is 2.18. The normalized spacial score (nSPS) is 12.2. The van der Waals surface area contributed by atoms with Gasteiger partial charge in [0, 0.05) is 18.1 Å². The van der Waals surface area contributed by atoms with E-state index in [4.69, 9.17) is 16.3 Å². The van der Waals surface area contributed by atoms with Crippen molar-refractivity contribution in [3.8, 4) is 11.5 Å². The molecule has 0 bridgehead atoms. The van der Waals surface area contributed by atoms with Gasteiger partial charge in [-0.3, -0.25) is 0 Å². The van der Waals surface area contributed by atoms with Crippen LogP contribution in [0.3, 0.4) is 0 Å². The van der Waals surface area contributed by atoms with Gasteiger partial charge in [0.2, 0.25) is 0 Å². The van der Waals surface area contributed by atoms with E-state index >= 15 is 0 Å². The van der Waals surface area contributed by atoms with Crippen LogP contribution in [0.4, 0.5) is 0 Å². The predicted octanol–water partition coefficient (Wildman–Crippen LogP) is 2.75. The van der Waals surface area contributed by atoms with E-state index in [1.54, 1.807) is 6.07 Å². The van der Waals surface area contributed by atoms with E-state index in [0.29, 0.717) is 22.8 Å². The number of carbonyl (C=O) groups excluding carboxylic acids is 1. The second kappa shape index (κ2) is 5.03. The van der Waals surface area contributed by atoms with Gasteiger partial charge in [-0.15, -0.1) is 0 Å². The first kappa shape index (κ1) is 11.9. The molecule has 82 valence electrons. The van der Waals surface area contributed by atoms with E-state index in [0.717, 1.165) is 6.29 Å². The van der Waals surface area contributed by atoms with E-state index in [1.165, 1.54) is 13.2 Å². The fourth-order valence-electron chi connectivity index (χ4n) is 1.38. The van der Waals surface area contributed by atoms with Gasteiger partial charge in [0.15, 0.2) is 0 Å². The zero-order valence-electron chi connectivity index (χ0n) is 8.66. The molecule has 1 unspecified atom stereocenters. The molecule has 4 heteroatoms. The quantitative estimate of drug-likeness (QED) is 0.806. The fourth-order valence-corrected chi connectivity index (χ4v) is 1.62. The third-order valence-electron chi connectivity index (χ3n) is 2.28. The van der Waals surface area contributed by atoms with E-state index in [2.05, 4.69) is 0 Å². The molecule has 0 fully saturated rings. The Morgan fingerprint density at radius 2 is 2.27 bits per heavy atom. The summed E-state index contributed by atoms with van der Waals surface area (Å²) in [4.78, 5) is 10.4. The molecule has 0 saturated heterocycles. The summed E-state index contributed by atoms with van der Waals surface area (Å²) in [6.07, 6.45) is 1.18. The molecule has 0 aliphatic rings. The lowest BCUT2D eigenvalue weighted by Crippen LogP contribution is -1.96. The highest BCUT2D eigenvalue weighted by Crippen LogP contribution is 2.36. The number of phenols is 1. The number of aromatic hydroxyl groups is 1. The summed E-state index contributed by atoms with van der Waals surface area (Å²) in [5.41, 5.74) is 0.670. The second-order valence-electron chi connectivity index (χ2n) is 3.35. The smallest absolute Gasteiger partial charge is 0.138 e. The molecule has 1 N–H and O–H groups in total. The number of benzene rings is 1. The van der Waals surface area contributed by atoms with Crippen molar-refractivity contribution in [1.29, 1.82) is 0 Å².